The van der Waals surface area contributed by atoms with Gasteiger partial charge in [0.2, 0.25) is 5.91 Å². The van der Waals surface area contributed by atoms with Gasteiger partial charge in [-0.1, -0.05) is 48.5 Å². The van der Waals surface area contributed by atoms with E-state index in [2.05, 4.69) is 23.5 Å². The number of hydrogen-bond acceptors (Lipinski definition) is 3. The van der Waals surface area contributed by atoms with Crippen LogP contribution in [0.4, 0.5) is 0 Å². The van der Waals surface area contributed by atoms with Gasteiger partial charge >= 0.3 is 0 Å². The molecule has 0 fully saturated rings. The molecule has 0 aliphatic rings. The quantitative estimate of drug-likeness (QED) is 0.698. The van der Waals surface area contributed by atoms with Crippen LogP contribution in [0.5, 0.6) is 11.5 Å². The first-order valence-corrected chi connectivity index (χ1v) is 8.66. The van der Waals surface area contributed by atoms with Crippen molar-refractivity contribution >= 4 is 16.7 Å². The van der Waals surface area contributed by atoms with Crippen LogP contribution in [0.1, 0.15) is 17.5 Å². The van der Waals surface area contributed by atoms with E-state index >= 15 is 0 Å². The van der Waals surface area contributed by atoms with Gasteiger partial charge < -0.3 is 14.8 Å². The predicted molar refractivity (Wildman–Crippen MR) is 104 cm³/mol. The Balaban J connectivity index is 1.63. The molecule has 0 aromatic heterocycles. The third-order valence-corrected chi connectivity index (χ3v) is 4.49. The topological polar surface area (TPSA) is 47.6 Å². The molecule has 0 heterocycles. The molecule has 134 valence electrons. The summed E-state index contributed by atoms with van der Waals surface area (Å²) >= 11 is 0. The van der Waals surface area contributed by atoms with Crippen molar-refractivity contribution in [3.05, 3.63) is 71.8 Å². The van der Waals surface area contributed by atoms with Crippen LogP contribution in [0.3, 0.4) is 0 Å². The van der Waals surface area contributed by atoms with E-state index in [0.717, 1.165) is 22.6 Å². The second-order valence-corrected chi connectivity index (χ2v) is 6.06. The average molecular weight is 349 g/mol. The van der Waals surface area contributed by atoms with E-state index in [4.69, 9.17) is 9.47 Å². The highest BCUT2D eigenvalue weighted by molar-refractivity contribution is 5.86. The summed E-state index contributed by atoms with van der Waals surface area (Å²) in [7, 11) is 3.25. The van der Waals surface area contributed by atoms with E-state index < -0.39 is 0 Å². The molecular formula is C22H23NO3. The Morgan fingerprint density at radius 1 is 0.885 bits per heavy atom. The van der Waals surface area contributed by atoms with E-state index in [0.29, 0.717) is 19.4 Å². The van der Waals surface area contributed by atoms with Crippen molar-refractivity contribution in [2.45, 2.75) is 19.4 Å². The number of nitrogens with one attached hydrogen (secondary N) is 1. The van der Waals surface area contributed by atoms with Crippen LogP contribution in [0.25, 0.3) is 10.8 Å². The molecule has 3 aromatic carbocycles. The van der Waals surface area contributed by atoms with Gasteiger partial charge in [-0.3, -0.25) is 4.79 Å². The fourth-order valence-corrected chi connectivity index (χ4v) is 3.14. The Morgan fingerprint density at radius 3 is 2.27 bits per heavy atom. The first kappa shape index (κ1) is 17.8. The van der Waals surface area contributed by atoms with Crippen LogP contribution in [0, 0.1) is 0 Å². The zero-order valence-corrected chi connectivity index (χ0v) is 15.1. The van der Waals surface area contributed by atoms with Crippen molar-refractivity contribution in [2.24, 2.45) is 0 Å². The Hall–Kier alpha value is -3.01. The first-order valence-electron chi connectivity index (χ1n) is 8.66. The molecule has 1 N–H and O–H groups in total. The van der Waals surface area contributed by atoms with Crippen LogP contribution in [0.15, 0.2) is 60.7 Å². The summed E-state index contributed by atoms with van der Waals surface area (Å²) in [6.45, 7) is 0.517. The minimum atomic E-state index is 0.00546. The molecule has 0 aliphatic heterocycles. The van der Waals surface area contributed by atoms with Crippen LogP contribution in [0.2, 0.25) is 0 Å². The SMILES string of the molecule is COc1cccc(OC)c1CCC(=O)NCc1cccc2ccccc12. The number of fused-ring (bicyclic) bond motifs is 1. The zero-order chi connectivity index (χ0) is 18.4. The standard InChI is InChI=1S/C22H23NO3/c1-25-20-11-6-12-21(26-2)19(20)13-14-22(24)23-15-17-9-5-8-16-7-3-4-10-18(16)17/h3-12H,13-15H2,1-2H3,(H,23,24). The number of hydrogen-bond donors (Lipinski definition) is 1. The number of rotatable bonds is 7. The maximum Gasteiger partial charge on any atom is 0.220 e. The monoisotopic (exact) mass is 349 g/mol. The summed E-state index contributed by atoms with van der Waals surface area (Å²) in [6.07, 6.45) is 0.941. The van der Waals surface area contributed by atoms with Crippen molar-refractivity contribution in [3.8, 4) is 11.5 Å². The molecule has 0 atom stereocenters. The van der Waals surface area contributed by atoms with E-state index in [-0.39, 0.29) is 5.91 Å². The first-order chi connectivity index (χ1) is 12.7. The highest BCUT2D eigenvalue weighted by Crippen LogP contribution is 2.29. The normalized spacial score (nSPS) is 10.5. The molecule has 0 saturated carbocycles. The molecule has 4 heteroatoms. The van der Waals surface area contributed by atoms with Crippen molar-refractivity contribution in [1.82, 2.24) is 5.32 Å². The van der Waals surface area contributed by atoms with E-state index in [1.165, 1.54) is 10.8 Å². The zero-order valence-electron chi connectivity index (χ0n) is 15.1. The lowest BCUT2D eigenvalue weighted by Gasteiger charge is -2.13. The number of amides is 1. The van der Waals surface area contributed by atoms with Gasteiger partial charge in [-0.05, 0) is 34.9 Å². The molecular weight excluding hydrogens is 326 g/mol. The molecule has 4 nitrogen and oxygen atoms in total. The van der Waals surface area contributed by atoms with Crippen molar-refractivity contribution in [3.63, 3.8) is 0 Å². The maximum absolute atomic E-state index is 12.3. The summed E-state index contributed by atoms with van der Waals surface area (Å²) in [5.74, 6) is 1.49. The third kappa shape index (κ3) is 3.97. The number of benzene rings is 3. The molecule has 3 aromatic rings. The van der Waals surface area contributed by atoms with Gasteiger partial charge in [-0.25, -0.2) is 0 Å². The predicted octanol–water partition coefficient (Wildman–Crippen LogP) is 4.11. The minimum absolute atomic E-state index is 0.00546. The second-order valence-electron chi connectivity index (χ2n) is 6.06. The summed E-state index contributed by atoms with van der Waals surface area (Å²) in [4.78, 5) is 12.3. The highest BCUT2D eigenvalue weighted by Gasteiger charge is 2.12. The molecule has 0 spiro atoms. The van der Waals surface area contributed by atoms with Crippen molar-refractivity contribution in [2.75, 3.05) is 14.2 Å². The van der Waals surface area contributed by atoms with Gasteiger partial charge in [0.25, 0.3) is 0 Å². The third-order valence-electron chi connectivity index (χ3n) is 4.49. The second kappa shape index (κ2) is 8.39. The molecule has 0 unspecified atom stereocenters. The van der Waals surface area contributed by atoms with Crippen molar-refractivity contribution in [1.29, 1.82) is 0 Å². The molecule has 26 heavy (non-hydrogen) atoms. The lowest BCUT2D eigenvalue weighted by atomic mass is 10.0. The number of methoxy groups -OCH3 is 2. The van der Waals surface area contributed by atoms with Gasteiger partial charge in [-0.2, -0.15) is 0 Å². The lowest BCUT2D eigenvalue weighted by molar-refractivity contribution is -0.121. The number of ether oxygens (including phenoxy) is 2. The van der Waals surface area contributed by atoms with Crippen LogP contribution in [-0.4, -0.2) is 20.1 Å². The molecule has 0 bridgehead atoms. The van der Waals surface area contributed by atoms with Gasteiger partial charge in [0, 0.05) is 18.5 Å². The average Bonchev–Trinajstić information content (AvgIpc) is 2.70. The Labute approximate surface area is 153 Å². The fraction of sp³-hybridized carbons (Fsp3) is 0.227. The molecule has 0 radical (unpaired) electrons. The highest BCUT2D eigenvalue weighted by atomic mass is 16.5. The maximum atomic E-state index is 12.3. The lowest BCUT2D eigenvalue weighted by Crippen LogP contribution is -2.23. The van der Waals surface area contributed by atoms with Gasteiger partial charge in [0.1, 0.15) is 11.5 Å². The van der Waals surface area contributed by atoms with Gasteiger partial charge in [-0.15, -0.1) is 0 Å². The molecule has 0 saturated heterocycles. The molecule has 0 aliphatic carbocycles. The smallest absolute Gasteiger partial charge is 0.220 e. The van der Waals surface area contributed by atoms with Crippen LogP contribution >= 0.6 is 0 Å². The summed E-state index contributed by atoms with van der Waals surface area (Å²) < 4.78 is 10.8. The van der Waals surface area contributed by atoms with Crippen LogP contribution in [-0.2, 0) is 17.8 Å². The van der Waals surface area contributed by atoms with Gasteiger partial charge in [0.05, 0.1) is 14.2 Å². The Bertz CT molecular complexity index is 877. The summed E-state index contributed by atoms with van der Waals surface area (Å²) in [6, 6.07) is 20.0. The summed E-state index contributed by atoms with van der Waals surface area (Å²) in [5.41, 5.74) is 2.03. The molecule has 1 amide bonds. The van der Waals surface area contributed by atoms with E-state index in [1.807, 2.05) is 42.5 Å². The molecule has 3 rings (SSSR count). The van der Waals surface area contributed by atoms with E-state index in [1.54, 1.807) is 14.2 Å². The Kier molecular flexibility index (Phi) is 5.74. The fourth-order valence-electron chi connectivity index (χ4n) is 3.14. The Morgan fingerprint density at radius 2 is 1.54 bits per heavy atom. The minimum Gasteiger partial charge on any atom is -0.496 e. The van der Waals surface area contributed by atoms with E-state index in [9.17, 15) is 4.79 Å². The number of carbonyl (C=O) groups excluding carboxylic acids is 1. The summed E-state index contributed by atoms with van der Waals surface area (Å²) in [5, 5.41) is 5.36. The number of carbonyl (C=O) groups is 1. The van der Waals surface area contributed by atoms with Crippen LogP contribution < -0.4 is 14.8 Å². The van der Waals surface area contributed by atoms with Crippen molar-refractivity contribution < 1.29 is 14.3 Å². The van der Waals surface area contributed by atoms with Gasteiger partial charge in [0.15, 0.2) is 0 Å². The largest absolute Gasteiger partial charge is 0.496 e.